The molecule has 9 heteroatoms. The third kappa shape index (κ3) is 8.45. The first kappa shape index (κ1) is 18.7. The zero-order valence-corrected chi connectivity index (χ0v) is 12.4. The molecule has 0 aliphatic carbocycles. The minimum Gasteiger partial charge on any atom is -0.480 e. The van der Waals surface area contributed by atoms with E-state index in [0.717, 1.165) is 0 Å². The van der Waals surface area contributed by atoms with Gasteiger partial charge >= 0.3 is 18.0 Å². The molecule has 9 nitrogen and oxygen atoms in total. The number of hydrogen-bond acceptors (Lipinski definition) is 5. The lowest BCUT2D eigenvalue weighted by Gasteiger charge is -2.22. The Morgan fingerprint density at radius 1 is 1.19 bits per heavy atom. The highest BCUT2D eigenvalue weighted by Crippen LogP contribution is 2.09. The van der Waals surface area contributed by atoms with Crippen LogP contribution in [0.4, 0.5) is 4.79 Å². The molecule has 5 N–H and O–H groups in total. The third-order valence-corrected chi connectivity index (χ3v) is 2.16. The Labute approximate surface area is 122 Å². The number of urea groups is 1. The number of nitrogens with two attached hydrogens (primary N) is 1. The van der Waals surface area contributed by atoms with Gasteiger partial charge in [-0.15, -0.1) is 0 Å². The predicted molar refractivity (Wildman–Crippen MR) is 72.2 cm³/mol. The van der Waals surface area contributed by atoms with Crippen molar-refractivity contribution < 1.29 is 29.0 Å². The minimum absolute atomic E-state index is 0.526. The van der Waals surface area contributed by atoms with Crippen LogP contribution in [0, 0.1) is 0 Å². The van der Waals surface area contributed by atoms with Crippen LogP contribution in [0.15, 0.2) is 0 Å². The van der Waals surface area contributed by atoms with E-state index in [0.29, 0.717) is 0 Å². The number of primary amides is 1. The summed E-state index contributed by atoms with van der Waals surface area (Å²) in [5.74, 6) is -2.92. The lowest BCUT2D eigenvalue weighted by atomic mass is 10.1. The van der Waals surface area contributed by atoms with E-state index < -0.39 is 48.0 Å². The van der Waals surface area contributed by atoms with Crippen LogP contribution in [0.1, 0.15) is 34.1 Å². The molecule has 0 aromatic rings. The summed E-state index contributed by atoms with van der Waals surface area (Å²) in [6, 6.07) is -3.40. The number of hydrogen-bond donors (Lipinski definition) is 4. The molecule has 0 radical (unpaired) electrons. The highest BCUT2D eigenvalue weighted by atomic mass is 16.6. The summed E-state index contributed by atoms with van der Waals surface area (Å²) in [5.41, 5.74) is 4.09. The highest BCUT2D eigenvalue weighted by molar-refractivity contribution is 5.91. The lowest BCUT2D eigenvalue weighted by Crippen LogP contribution is -2.52. The van der Waals surface area contributed by atoms with E-state index in [1.54, 1.807) is 20.8 Å². The Kier molecular flexibility index (Phi) is 6.64. The summed E-state index contributed by atoms with van der Waals surface area (Å²) >= 11 is 0. The number of nitrogens with one attached hydrogen (secondary N) is 2. The molecule has 21 heavy (non-hydrogen) atoms. The van der Waals surface area contributed by atoms with E-state index in [1.165, 1.54) is 6.92 Å². The molecule has 0 aliphatic heterocycles. The summed E-state index contributed by atoms with van der Waals surface area (Å²) in [7, 11) is 0. The van der Waals surface area contributed by atoms with E-state index in [9.17, 15) is 19.2 Å². The van der Waals surface area contributed by atoms with E-state index in [-0.39, 0.29) is 0 Å². The van der Waals surface area contributed by atoms with Gasteiger partial charge in [-0.1, -0.05) is 0 Å². The van der Waals surface area contributed by atoms with Gasteiger partial charge in [-0.25, -0.2) is 9.59 Å². The Hall–Kier alpha value is -2.32. The molecule has 2 atom stereocenters. The van der Waals surface area contributed by atoms with Gasteiger partial charge in [-0.2, -0.15) is 0 Å². The number of carboxylic acid groups (broad SMARTS) is 1. The Bertz CT molecular complexity index is 429. The molecule has 0 bridgehead atoms. The quantitative estimate of drug-likeness (QED) is 0.479. The molecular formula is C12H21N3O6. The van der Waals surface area contributed by atoms with Gasteiger partial charge in [0.1, 0.15) is 17.7 Å². The number of esters is 1. The second kappa shape index (κ2) is 7.46. The van der Waals surface area contributed by atoms with Gasteiger partial charge in [-0.3, -0.25) is 9.59 Å². The van der Waals surface area contributed by atoms with E-state index >= 15 is 0 Å². The van der Waals surface area contributed by atoms with Crippen LogP contribution >= 0.6 is 0 Å². The van der Waals surface area contributed by atoms with Crippen molar-refractivity contribution in [1.82, 2.24) is 10.6 Å². The molecule has 0 heterocycles. The van der Waals surface area contributed by atoms with Crippen molar-refractivity contribution >= 4 is 23.9 Å². The van der Waals surface area contributed by atoms with E-state index in [1.807, 2.05) is 0 Å². The average Bonchev–Trinajstić information content (AvgIpc) is 2.23. The summed E-state index contributed by atoms with van der Waals surface area (Å²) < 4.78 is 4.98. The first-order valence-electron chi connectivity index (χ1n) is 6.23. The zero-order chi connectivity index (χ0) is 16.8. The molecule has 0 saturated heterocycles. The van der Waals surface area contributed by atoms with Crippen molar-refractivity contribution in [1.29, 1.82) is 0 Å². The number of carboxylic acids is 1. The van der Waals surface area contributed by atoms with Crippen molar-refractivity contribution in [2.24, 2.45) is 5.73 Å². The third-order valence-electron chi connectivity index (χ3n) is 2.16. The van der Waals surface area contributed by atoms with Crippen molar-refractivity contribution in [3.63, 3.8) is 0 Å². The molecule has 0 aromatic carbocycles. The summed E-state index contributed by atoms with van der Waals surface area (Å²) in [6.45, 7) is 6.24. The molecule has 0 saturated carbocycles. The molecule has 0 aliphatic rings. The van der Waals surface area contributed by atoms with Gasteiger partial charge in [-0.05, 0) is 27.7 Å². The molecule has 0 rings (SSSR count). The summed E-state index contributed by atoms with van der Waals surface area (Å²) in [4.78, 5) is 44.9. The number of carbonyl (C=O) groups excluding carboxylic acids is 3. The number of ether oxygens (including phenoxy) is 1. The maximum atomic E-state index is 11.7. The smallest absolute Gasteiger partial charge is 0.326 e. The van der Waals surface area contributed by atoms with E-state index in [2.05, 4.69) is 10.6 Å². The zero-order valence-electron chi connectivity index (χ0n) is 12.4. The molecule has 3 amide bonds. The van der Waals surface area contributed by atoms with Gasteiger partial charge in [0.2, 0.25) is 5.91 Å². The lowest BCUT2D eigenvalue weighted by molar-refractivity contribution is -0.158. The molecule has 120 valence electrons. The van der Waals surface area contributed by atoms with Crippen molar-refractivity contribution in [3.05, 3.63) is 0 Å². The van der Waals surface area contributed by atoms with E-state index in [4.69, 9.17) is 15.6 Å². The Morgan fingerprint density at radius 2 is 1.71 bits per heavy atom. The molecular weight excluding hydrogens is 282 g/mol. The van der Waals surface area contributed by atoms with Gasteiger partial charge in [0, 0.05) is 0 Å². The monoisotopic (exact) mass is 303 g/mol. The topological polar surface area (TPSA) is 148 Å². The second-order valence-electron chi connectivity index (χ2n) is 5.42. The number of amides is 3. The van der Waals surface area contributed by atoms with Crippen LogP contribution in [-0.4, -0.2) is 46.7 Å². The SMILES string of the molecule is CC(NC(N)=O)C(=O)N[C@@H](CC(=O)OC(C)(C)C)C(=O)O. The first-order valence-corrected chi connectivity index (χ1v) is 6.23. The van der Waals surface area contributed by atoms with Crippen molar-refractivity contribution in [2.75, 3.05) is 0 Å². The predicted octanol–water partition coefficient (Wildman–Crippen LogP) is -0.656. The fraction of sp³-hybridized carbons (Fsp3) is 0.667. The number of aliphatic carboxylic acids is 1. The molecule has 0 aromatic heterocycles. The maximum Gasteiger partial charge on any atom is 0.326 e. The fourth-order valence-corrected chi connectivity index (χ4v) is 1.33. The molecule has 0 fully saturated rings. The Balaban J connectivity index is 4.64. The maximum absolute atomic E-state index is 11.7. The van der Waals surface area contributed by atoms with Crippen LogP contribution in [0.5, 0.6) is 0 Å². The highest BCUT2D eigenvalue weighted by Gasteiger charge is 2.28. The van der Waals surface area contributed by atoms with Gasteiger partial charge < -0.3 is 26.2 Å². The normalized spacial score (nSPS) is 13.7. The summed E-state index contributed by atoms with van der Waals surface area (Å²) in [5, 5.41) is 13.2. The largest absolute Gasteiger partial charge is 0.480 e. The van der Waals surface area contributed by atoms with Gasteiger partial charge in [0.15, 0.2) is 0 Å². The number of carbonyl (C=O) groups is 4. The fourth-order valence-electron chi connectivity index (χ4n) is 1.33. The van der Waals surface area contributed by atoms with Crippen LogP contribution in [0.2, 0.25) is 0 Å². The first-order chi connectivity index (χ1) is 9.42. The molecule has 1 unspecified atom stereocenters. The average molecular weight is 303 g/mol. The summed E-state index contributed by atoms with van der Waals surface area (Å²) in [6.07, 6.45) is -0.526. The van der Waals surface area contributed by atoms with Crippen molar-refractivity contribution in [3.8, 4) is 0 Å². The van der Waals surface area contributed by atoms with Gasteiger partial charge in [0.25, 0.3) is 0 Å². The number of rotatable bonds is 6. The minimum atomic E-state index is -1.45. The van der Waals surface area contributed by atoms with Crippen molar-refractivity contribution in [2.45, 2.75) is 51.8 Å². The van der Waals surface area contributed by atoms with Crippen LogP contribution < -0.4 is 16.4 Å². The van der Waals surface area contributed by atoms with Gasteiger partial charge in [0.05, 0.1) is 6.42 Å². The second-order valence-corrected chi connectivity index (χ2v) is 5.42. The standard InChI is InChI=1S/C12H21N3O6/c1-6(14-11(13)20)9(17)15-7(10(18)19)5-8(16)21-12(2,3)4/h6-7H,5H2,1-4H3,(H,15,17)(H,18,19)(H3,13,14,20)/t6?,7-/m0/s1. The van der Waals surface area contributed by atoms with Crippen LogP contribution in [0.25, 0.3) is 0 Å². The van der Waals surface area contributed by atoms with Crippen LogP contribution in [-0.2, 0) is 19.1 Å². The molecule has 0 spiro atoms. The Morgan fingerprint density at radius 3 is 2.10 bits per heavy atom. The van der Waals surface area contributed by atoms with Crippen LogP contribution in [0.3, 0.4) is 0 Å².